The number of aliphatic carboxylic acids is 1. The number of hydrogen-bond acceptors (Lipinski definition) is 8. The van der Waals surface area contributed by atoms with Gasteiger partial charge in [-0.15, -0.1) is 11.3 Å². The first kappa shape index (κ1) is 31.6. The second-order valence-corrected chi connectivity index (χ2v) is 11.8. The predicted molar refractivity (Wildman–Crippen MR) is 156 cm³/mol. The van der Waals surface area contributed by atoms with Crippen LogP contribution >= 0.6 is 11.3 Å². The Morgan fingerprint density at radius 2 is 1.79 bits per heavy atom. The standard InChI is InChI=1S/C30H36F3N5O3S/c1-4-10-37(11-5-2)18-25-28(21-7-6-19(3)22(14-21)30(31,32)33)36-27(42-25)15-24(39)23-16-35-26(17-34-23)38-12-8-20(9-13-38)29(40)41/h6-7,14,16-17,20H,4-5,8-13,15,18H2,1-3H3,(H,40,41). The maximum atomic E-state index is 13.7. The quantitative estimate of drug-likeness (QED) is 0.242. The van der Waals surface area contributed by atoms with Crippen molar-refractivity contribution in [1.82, 2.24) is 19.9 Å². The van der Waals surface area contributed by atoms with E-state index < -0.39 is 17.7 Å². The van der Waals surface area contributed by atoms with E-state index in [0.29, 0.717) is 54.6 Å². The molecule has 1 aliphatic rings. The molecule has 1 N–H and O–H groups in total. The number of anilines is 1. The number of carbonyl (C=O) groups is 2. The monoisotopic (exact) mass is 603 g/mol. The van der Waals surface area contributed by atoms with Gasteiger partial charge in [-0.25, -0.2) is 15.0 Å². The van der Waals surface area contributed by atoms with E-state index in [1.807, 2.05) is 4.90 Å². The third-order valence-electron chi connectivity index (χ3n) is 7.41. The normalized spacial score (nSPS) is 14.5. The van der Waals surface area contributed by atoms with Gasteiger partial charge in [0.15, 0.2) is 5.78 Å². The number of thiazole rings is 1. The summed E-state index contributed by atoms with van der Waals surface area (Å²) in [5, 5.41) is 9.72. The molecule has 1 saturated heterocycles. The number of Topliss-reactive ketones (excluding diaryl/α,β-unsaturated/α-hetero) is 1. The van der Waals surface area contributed by atoms with E-state index in [1.165, 1.54) is 36.7 Å². The van der Waals surface area contributed by atoms with E-state index in [9.17, 15) is 27.9 Å². The van der Waals surface area contributed by atoms with Gasteiger partial charge in [0.25, 0.3) is 0 Å². The molecular weight excluding hydrogens is 567 g/mol. The smallest absolute Gasteiger partial charge is 0.416 e. The van der Waals surface area contributed by atoms with Gasteiger partial charge in [-0.05, 0) is 57.3 Å². The van der Waals surface area contributed by atoms with Gasteiger partial charge in [0.2, 0.25) is 0 Å². The highest BCUT2D eigenvalue weighted by Crippen LogP contribution is 2.37. The van der Waals surface area contributed by atoms with Crippen molar-refractivity contribution in [3.05, 3.63) is 57.3 Å². The van der Waals surface area contributed by atoms with Gasteiger partial charge in [-0.3, -0.25) is 14.5 Å². The first-order valence-electron chi connectivity index (χ1n) is 14.2. The highest BCUT2D eigenvalue weighted by atomic mass is 32.1. The number of hydrogen-bond donors (Lipinski definition) is 1. The molecule has 0 saturated carbocycles. The molecule has 1 aromatic carbocycles. The number of rotatable bonds is 12. The van der Waals surface area contributed by atoms with E-state index in [1.54, 1.807) is 6.07 Å². The molecule has 12 heteroatoms. The van der Waals surface area contributed by atoms with Gasteiger partial charge in [0.1, 0.15) is 16.5 Å². The Kier molecular flexibility index (Phi) is 10.3. The number of piperidine rings is 1. The maximum absolute atomic E-state index is 13.7. The highest BCUT2D eigenvalue weighted by molar-refractivity contribution is 7.12. The van der Waals surface area contributed by atoms with Crippen molar-refractivity contribution >= 4 is 28.9 Å². The molecule has 4 rings (SSSR count). The lowest BCUT2D eigenvalue weighted by molar-refractivity contribution is -0.142. The molecular formula is C30H36F3N5O3S. The molecule has 3 heterocycles. The van der Waals surface area contributed by atoms with Gasteiger partial charge in [-0.1, -0.05) is 26.0 Å². The second kappa shape index (κ2) is 13.7. The van der Waals surface area contributed by atoms with Crippen molar-refractivity contribution in [3.63, 3.8) is 0 Å². The van der Waals surface area contributed by atoms with Crippen molar-refractivity contribution < 1.29 is 27.9 Å². The van der Waals surface area contributed by atoms with E-state index in [-0.39, 0.29) is 29.4 Å². The van der Waals surface area contributed by atoms with Crippen LogP contribution in [0.1, 0.15) is 71.0 Å². The fourth-order valence-electron chi connectivity index (χ4n) is 5.20. The van der Waals surface area contributed by atoms with E-state index in [2.05, 4.69) is 33.7 Å². The number of carboxylic acid groups (broad SMARTS) is 1. The number of carbonyl (C=O) groups excluding carboxylic acids is 1. The summed E-state index contributed by atoms with van der Waals surface area (Å²) in [6.07, 6.45) is 1.32. The molecule has 0 amide bonds. The molecule has 0 aliphatic carbocycles. The van der Waals surface area contributed by atoms with Crippen LogP contribution in [0.25, 0.3) is 11.3 Å². The molecule has 226 valence electrons. The minimum absolute atomic E-state index is 0.0464. The van der Waals surface area contributed by atoms with Crippen molar-refractivity contribution in [3.8, 4) is 11.3 Å². The third kappa shape index (κ3) is 7.71. The topological polar surface area (TPSA) is 99.5 Å². The summed E-state index contributed by atoms with van der Waals surface area (Å²) >= 11 is 1.34. The summed E-state index contributed by atoms with van der Waals surface area (Å²) in [7, 11) is 0. The molecule has 2 aromatic heterocycles. The summed E-state index contributed by atoms with van der Waals surface area (Å²) in [6.45, 7) is 8.92. The molecule has 3 aromatic rings. The largest absolute Gasteiger partial charge is 0.481 e. The van der Waals surface area contributed by atoms with Crippen LogP contribution in [0.5, 0.6) is 0 Å². The summed E-state index contributed by atoms with van der Waals surface area (Å²) < 4.78 is 41.1. The second-order valence-electron chi connectivity index (χ2n) is 10.6. The van der Waals surface area contributed by atoms with Crippen LogP contribution in [0.2, 0.25) is 0 Å². The van der Waals surface area contributed by atoms with Crippen LogP contribution < -0.4 is 4.90 Å². The third-order valence-corrected chi connectivity index (χ3v) is 8.45. The van der Waals surface area contributed by atoms with Gasteiger partial charge < -0.3 is 10.0 Å². The molecule has 0 spiro atoms. The Labute approximate surface area is 247 Å². The maximum Gasteiger partial charge on any atom is 0.416 e. The van der Waals surface area contributed by atoms with Gasteiger partial charge in [0.05, 0.1) is 36.0 Å². The van der Waals surface area contributed by atoms with E-state index in [0.717, 1.165) is 36.9 Å². The molecule has 1 fully saturated rings. The Bertz CT molecular complexity index is 1380. The lowest BCUT2D eigenvalue weighted by Crippen LogP contribution is -2.36. The number of carboxylic acids is 1. The van der Waals surface area contributed by atoms with Crippen LogP contribution in [-0.2, 0) is 23.9 Å². The molecule has 8 nitrogen and oxygen atoms in total. The molecule has 1 aliphatic heterocycles. The van der Waals surface area contributed by atoms with Crippen molar-refractivity contribution in [2.45, 2.75) is 65.6 Å². The molecule has 0 atom stereocenters. The molecule has 42 heavy (non-hydrogen) atoms. The fraction of sp³-hybridized carbons (Fsp3) is 0.500. The number of ketones is 1. The molecule has 0 unspecified atom stereocenters. The van der Waals surface area contributed by atoms with E-state index in [4.69, 9.17) is 0 Å². The van der Waals surface area contributed by atoms with Crippen LogP contribution in [0.15, 0.2) is 30.6 Å². The molecule has 0 radical (unpaired) electrons. The number of halogens is 3. The first-order chi connectivity index (χ1) is 20.0. The van der Waals surface area contributed by atoms with Crippen LogP contribution in [0, 0.1) is 12.8 Å². The zero-order chi connectivity index (χ0) is 30.4. The highest BCUT2D eigenvalue weighted by Gasteiger charge is 2.33. The Morgan fingerprint density at radius 1 is 1.10 bits per heavy atom. The summed E-state index contributed by atoms with van der Waals surface area (Å²) in [6, 6.07) is 4.26. The summed E-state index contributed by atoms with van der Waals surface area (Å²) in [5.41, 5.74) is 0.465. The average molecular weight is 604 g/mol. The van der Waals surface area contributed by atoms with Gasteiger partial charge in [-0.2, -0.15) is 13.2 Å². The van der Waals surface area contributed by atoms with Crippen molar-refractivity contribution in [2.75, 3.05) is 31.1 Å². The minimum atomic E-state index is -4.48. The van der Waals surface area contributed by atoms with Crippen LogP contribution in [-0.4, -0.2) is 62.9 Å². The van der Waals surface area contributed by atoms with Crippen LogP contribution in [0.4, 0.5) is 19.0 Å². The molecule has 0 bridgehead atoms. The number of aryl methyl sites for hydroxylation is 1. The van der Waals surface area contributed by atoms with Crippen LogP contribution in [0.3, 0.4) is 0 Å². The fourth-order valence-corrected chi connectivity index (χ4v) is 6.33. The number of alkyl halides is 3. The summed E-state index contributed by atoms with van der Waals surface area (Å²) in [5.74, 6) is -0.855. The Morgan fingerprint density at radius 3 is 2.36 bits per heavy atom. The Hall–Kier alpha value is -3.38. The van der Waals surface area contributed by atoms with Crippen molar-refractivity contribution in [1.29, 1.82) is 0 Å². The zero-order valence-electron chi connectivity index (χ0n) is 24.1. The SMILES string of the molecule is CCCN(CCC)Cc1sc(CC(=O)c2cnc(N3CCC(C(=O)O)CC3)cn2)nc1-c1ccc(C)c(C(F)(F)F)c1. The van der Waals surface area contributed by atoms with Gasteiger partial charge >= 0.3 is 12.1 Å². The average Bonchev–Trinajstić information content (AvgIpc) is 3.34. The Balaban J connectivity index is 1.56. The summed E-state index contributed by atoms with van der Waals surface area (Å²) in [4.78, 5) is 42.8. The first-order valence-corrected chi connectivity index (χ1v) is 15.0. The lowest BCUT2D eigenvalue weighted by Gasteiger charge is -2.30. The predicted octanol–water partition coefficient (Wildman–Crippen LogP) is 6.28. The van der Waals surface area contributed by atoms with Gasteiger partial charge in [0, 0.05) is 30.1 Å². The number of aromatic nitrogens is 3. The minimum Gasteiger partial charge on any atom is -0.481 e. The van der Waals surface area contributed by atoms with Crippen molar-refractivity contribution in [2.24, 2.45) is 5.92 Å². The zero-order valence-corrected chi connectivity index (χ0v) is 24.9. The van der Waals surface area contributed by atoms with E-state index >= 15 is 0 Å². The number of nitrogens with zero attached hydrogens (tertiary/aromatic N) is 5. The number of benzene rings is 1. The lowest BCUT2D eigenvalue weighted by atomic mass is 9.97.